The van der Waals surface area contributed by atoms with E-state index in [0.717, 1.165) is 62.3 Å². The van der Waals surface area contributed by atoms with E-state index in [1.54, 1.807) is 31.3 Å². The van der Waals surface area contributed by atoms with Crippen LogP contribution in [0.1, 0.15) is 32.0 Å². The molecule has 4 rings (SSSR count). The van der Waals surface area contributed by atoms with Gasteiger partial charge in [0.05, 0.1) is 21.6 Å². The van der Waals surface area contributed by atoms with Crippen molar-refractivity contribution in [3.05, 3.63) is 54.4 Å². The fourth-order valence-electron chi connectivity index (χ4n) is 4.06. The van der Waals surface area contributed by atoms with Gasteiger partial charge in [0.25, 0.3) is 10.0 Å². The molecule has 160 valence electrons. The number of rotatable bonds is 7. The molecule has 1 aliphatic heterocycles. The van der Waals surface area contributed by atoms with Gasteiger partial charge in [0.2, 0.25) is 0 Å². The van der Waals surface area contributed by atoms with Crippen molar-refractivity contribution in [2.24, 2.45) is 5.92 Å². The van der Waals surface area contributed by atoms with Gasteiger partial charge in [0, 0.05) is 33.2 Å². The lowest BCUT2D eigenvalue weighted by Crippen LogP contribution is -2.26. The van der Waals surface area contributed by atoms with Crippen LogP contribution in [0.25, 0.3) is 11.0 Å². The second kappa shape index (κ2) is 8.78. The molecule has 1 aliphatic rings. The first kappa shape index (κ1) is 20.9. The van der Waals surface area contributed by atoms with Crippen molar-refractivity contribution in [3.63, 3.8) is 0 Å². The first-order chi connectivity index (χ1) is 14.5. The fraction of sp³-hybridized carbons (Fsp3) is 0.435. The highest BCUT2D eigenvalue weighted by Gasteiger charge is 2.23. The average Bonchev–Trinajstić information content (AvgIpc) is 3.11. The average molecular weight is 428 g/mol. The van der Waals surface area contributed by atoms with E-state index >= 15 is 0 Å². The van der Waals surface area contributed by atoms with E-state index in [1.165, 1.54) is 4.31 Å². The highest BCUT2D eigenvalue weighted by Crippen LogP contribution is 2.28. The third-order valence-electron chi connectivity index (χ3n) is 5.83. The van der Waals surface area contributed by atoms with Crippen LogP contribution in [-0.4, -0.2) is 38.2 Å². The smallest absolute Gasteiger partial charge is 0.264 e. The van der Waals surface area contributed by atoms with Gasteiger partial charge in [0.15, 0.2) is 0 Å². The molecule has 0 atom stereocenters. The van der Waals surface area contributed by atoms with Crippen LogP contribution in [0.2, 0.25) is 0 Å². The van der Waals surface area contributed by atoms with Crippen LogP contribution in [0.15, 0.2) is 53.4 Å². The molecule has 2 heterocycles. The maximum Gasteiger partial charge on any atom is 0.264 e. The molecule has 0 aliphatic carbocycles. The number of nitrogens with zero attached hydrogens (tertiary/aromatic N) is 3. The Morgan fingerprint density at radius 3 is 2.57 bits per heavy atom. The molecule has 2 aromatic carbocycles. The Labute approximate surface area is 178 Å². The summed E-state index contributed by atoms with van der Waals surface area (Å²) in [5.74, 6) is 1.66. The largest absolute Gasteiger partial charge is 0.381 e. The summed E-state index contributed by atoms with van der Waals surface area (Å²) in [4.78, 5) is 5.16. The SMILES string of the molecule is CCCc1nc2cc(N(C)S(=O)(=O)c3ccccc3)ccc2n1CC1CCOCC1. The Kier molecular flexibility index (Phi) is 6.11. The van der Waals surface area contributed by atoms with Crippen LogP contribution in [0.4, 0.5) is 5.69 Å². The number of fused-ring (bicyclic) bond motifs is 1. The molecule has 0 N–H and O–H groups in total. The third-order valence-corrected chi connectivity index (χ3v) is 7.63. The summed E-state index contributed by atoms with van der Waals surface area (Å²) in [7, 11) is -2.02. The van der Waals surface area contributed by atoms with E-state index in [2.05, 4.69) is 11.5 Å². The van der Waals surface area contributed by atoms with Gasteiger partial charge in [-0.3, -0.25) is 4.31 Å². The number of sulfonamides is 1. The van der Waals surface area contributed by atoms with Crippen molar-refractivity contribution >= 4 is 26.7 Å². The summed E-state index contributed by atoms with van der Waals surface area (Å²) in [6.45, 7) is 4.75. The summed E-state index contributed by atoms with van der Waals surface area (Å²) < 4.78 is 35.2. The van der Waals surface area contributed by atoms with Crippen LogP contribution >= 0.6 is 0 Å². The van der Waals surface area contributed by atoms with Crippen LogP contribution in [0.5, 0.6) is 0 Å². The number of hydrogen-bond acceptors (Lipinski definition) is 4. The molecule has 0 radical (unpaired) electrons. The standard InChI is InChI=1S/C23H29N3O3S/c1-3-7-23-24-21-16-19(25(2)30(27,28)20-8-5-4-6-9-20)10-11-22(21)26(23)17-18-12-14-29-15-13-18/h4-6,8-11,16,18H,3,7,12-15,17H2,1-2H3. The van der Waals surface area contributed by atoms with Crippen molar-refractivity contribution in [2.75, 3.05) is 24.6 Å². The topological polar surface area (TPSA) is 64.4 Å². The lowest BCUT2D eigenvalue weighted by molar-refractivity contribution is 0.0613. The van der Waals surface area contributed by atoms with Gasteiger partial charge in [-0.25, -0.2) is 13.4 Å². The molecule has 30 heavy (non-hydrogen) atoms. The van der Waals surface area contributed by atoms with Gasteiger partial charge in [-0.15, -0.1) is 0 Å². The monoisotopic (exact) mass is 427 g/mol. The van der Waals surface area contributed by atoms with Gasteiger partial charge < -0.3 is 9.30 Å². The molecular weight excluding hydrogens is 398 g/mol. The Hall–Kier alpha value is -2.38. The number of benzene rings is 2. The lowest BCUT2D eigenvalue weighted by atomic mass is 10.00. The number of ether oxygens (including phenoxy) is 1. The first-order valence-corrected chi connectivity index (χ1v) is 12.1. The van der Waals surface area contributed by atoms with E-state index < -0.39 is 10.0 Å². The normalized spacial score (nSPS) is 15.5. The molecule has 6 nitrogen and oxygen atoms in total. The second-order valence-electron chi connectivity index (χ2n) is 7.90. The molecular formula is C23H29N3O3S. The second-order valence-corrected chi connectivity index (χ2v) is 9.87. The summed E-state index contributed by atoms with van der Waals surface area (Å²) >= 11 is 0. The number of imidazole rings is 1. The van der Waals surface area contributed by atoms with Gasteiger partial charge in [-0.1, -0.05) is 25.1 Å². The van der Waals surface area contributed by atoms with Crippen molar-refractivity contribution < 1.29 is 13.2 Å². The highest BCUT2D eigenvalue weighted by atomic mass is 32.2. The van der Waals surface area contributed by atoms with Gasteiger partial charge in [0.1, 0.15) is 5.82 Å². The third kappa shape index (κ3) is 4.09. The van der Waals surface area contributed by atoms with Gasteiger partial charge in [-0.2, -0.15) is 0 Å². The van der Waals surface area contributed by atoms with Crippen molar-refractivity contribution in [1.82, 2.24) is 9.55 Å². The Bertz CT molecular complexity index is 1100. The van der Waals surface area contributed by atoms with Gasteiger partial charge >= 0.3 is 0 Å². The molecule has 1 aromatic heterocycles. The number of anilines is 1. The van der Waals surface area contributed by atoms with E-state index in [-0.39, 0.29) is 4.90 Å². The zero-order valence-electron chi connectivity index (χ0n) is 17.6. The molecule has 0 spiro atoms. The number of aryl methyl sites for hydroxylation is 1. The minimum Gasteiger partial charge on any atom is -0.381 e. The maximum absolute atomic E-state index is 13.0. The molecule has 0 unspecified atom stereocenters. The van der Waals surface area contributed by atoms with E-state index in [0.29, 0.717) is 11.6 Å². The van der Waals surface area contributed by atoms with Gasteiger partial charge in [-0.05, 0) is 55.5 Å². The highest BCUT2D eigenvalue weighted by molar-refractivity contribution is 7.92. The van der Waals surface area contributed by atoms with Crippen molar-refractivity contribution in [1.29, 1.82) is 0 Å². The lowest BCUT2D eigenvalue weighted by Gasteiger charge is -2.23. The van der Waals surface area contributed by atoms with Crippen LogP contribution in [0, 0.1) is 5.92 Å². The van der Waals surface area contributed by atoms with Crippen molar-refractivity contribution in [3.8, 4) is 0 Å². The Morgan fingerprint density at radius 1 is 1.13 bits per heavy atom. The maximum atomic E-state index is 13.0. The van der Waals surface area contributed by atoms with Crippen molar-refractivity contribution in [2.45, 2.75) is 44.0 Å². The van der Waals surface area contributed by atoms with Crippen LogP contribution in [-0.2, 0) is 27.7 Å². The van der Waals surface area contributed by atoms with Crippen LogP contribution in [0.3, 0.4) is 0 Å². The molecule has 7 heteroatoms. The van der Waals surface area contributed by atoms with E-state index in [4.69, 9.17) is 9.72 Å². The Morgan fingerprint density at radius 2 is 1.87 bits per heavy atom. The molecule has 1 fully saturated rings. The minimum atomic E-state index is -3.61. The first-order valence-electron chi connectivity index (χ1n) is 10.6. The zero-order chi connectivity index (χ0) is 21.1. The molecule has 0 saturated carbocycles. The quantitative estimate of drug-likeness (QED) is 0.566. The van der Waals surface area contributed by atoms with Crippen LogP contribution < -0.4 is 4.31 Å². The zero-order valence-corrected chi connectivity index (χ0v) is 18.4. The summed E-state index contributed by atoms with van der Waals surface area (Å²) in [5, 5.41) is 0. The van der Waals surface area contributed by atoms with E-state index in [1.807, 2.05) is 24.3 Å². The van der Waals surface area contributed by atoms with E-state index in [9.17, 15) is 8.42 Å². The summed E-state index contributed by atoms with van der Waals surface area (Å²) in [6, 6.07) is 14.3. The molecule has 0 amide bonds. The number of hydrogen-bond donors (Lipinski definition) is 0. The molecule has 1 saturated heterocycles. The Balaban J connectivity index is 1.68. The number of aromatic nitrogens is 2. The molecule has 3 aromatic rings. The summed E-state index contributed by atoms with van der Waals surface area (Å²) in [6.07, 6.45) is 4.07. The predicted octanol–water partition coefficient (Wildman–Crippen LogP) is 4.24. The minimum absolute atomic E-state index is 0.282. The predicted molar refractivity (Wildman–Crippen MR) is 119 cm³/mol. The fourth-order valence-corrected chi connectivity index (χ4v) is 5.27. The molecule has 0 bridgehead atoms. The summed E-state index contributed by atoms with van der Waals surface area (Å²) in [5.41, 5.74) is 2.53.